The van der Waals surface area contributed by atoms with Crippen LogP contribution in [0.15, 0.2) is 0 Å². The molecule has 0 spiro atoms. The Kier molecular flexibility index (Phi) is 7.36. The fourth-order valence-electron chi connectivity index (χ4n) is 2.39. The summed E-state index contributed by atoms with van der Waals surface area (Å²) < 4.78 is 17.9. The van der Waals surface area contributed by atoms with E-state index in [0.717, 1.165) is 19.6 Å². The third-order valence-corrected chi connectivity index (χ3v) is 7.00. The SMILES string of the molecule is CCO[Si](OCC)(OCC)C(C)C1CCONC1. The lowest BCUT2D eigenvalue weighted by Crippen LogP contribution is -2.53. The van der Waals surface area contributed by atoms with Crippen LogP contribution in [0.1, 0.15) is 34.1 Å². The summed E-state index contributed by atoms with van der Waals surface area (Å²) in [5.41, 5.74) is 3.26. The highest BCUT2D eigenvalue weighted by Gasteiger charge is 2.50. The smallest absolute Gasteiger partial charge is 0.374 e. The van der Waals surface area contributed by atoms with Crippen molar-refractivity contribution in [3.63, 3.8) is 0 Å². The second kappa shape index (κ2) is 8.24. The zero-order chi connectivity index (χ0) is 13.4. The Balaban J connectivity index is 2.76. The molecule has 1 heterocycles. The number of hydroxylamine groups is 1. The summed E-state index contributed by atoms with van der Waals surface area (Å²) in [5.74, 6) is 0.482. The summed E-state index contributed by atoms with van der Waals surface area (Å²) in [6, 6.07) is 0. The Morgan fingerprint density at radius 1 is 1.17 bits per heavy atom. The van der Waals surface area contributed by atoms with Crippen LogP contribution in [-0.2, 0) is 18.1 Å². The van der Waals surface area contributed by atoms with E-state index in [1.807, 2.05) is 20.8 Å². The Morgan fingerprint density at radius 3 is 2.11 bits per heavy atom. The van der Waals surface area contributed by atoms with E-state index in [9.17, 15) is 0 Å². The van der Waals surface area contributed by atoms with Gasteiger partial charge < -0.3 is 18.1 Å². The molecule has 18 heavy (non-hydrogen) atoms. The number of hydrogen-bond donors (Lipinski definition) is 1. The maximum Gasteiger partial charge on any atom is 0.504 e. The van der Waals surface area contributed by atoms with Crippen LogP contribution in [0.5, 0.6) is 0 Å². The first-order valence-corrected chi connectivity index (χ1v) is 8.76. The van der Waals surface area contributed by atoms with Crippen molar-refractivity contribution in [2.45, 2.75) is 39.7 Å². The molecular weight excluding hydrogens is 250 g/mol. The lowest BCUT2D eigenvalue weighted by atomic mass is 10.0. The third kappa shape index (κ3) is 4.01. The van der Waals surface area contributed by atoms with Gasteiger partial charge in [-0.1, -0.05) is 6.92 Å². The van der Waals surface area contributed by atoms with Crippen LogP contribution in [-0.4, -0.2) is 41.8 Å². The van der Waals surface area contributed by atoms with Gasteiger partial charge in [0.2, 0.25) is 0 Å². The van der Waals surface area contributed by atoms with E-state index in [4.69, 9.17) is 18.1 Å². The average Bonchev–Trinajstić information content (AvgIpc) is 2.39. The van der Waals surface area contributed by atoms with Crippen molar-refractivity contribution >= 4 is 8.80 Å². The molecule has 1 aliphatic rings. The summed E-state index contributed by atoms with van der Waals surface area (Å²) in [5, 5.41) is 0. The molecule has 0 bridgehead atoms. The van der Waals surface area contributed by atoms with Crippen LogP contribution in [0.2, 0.25) is 5.54 Å². The molecule has 1 saturated heterocycles. The van der Waals surface area contributed by atoms with Crippen LogP contribution in [0.3, 0.4) is 0 Å². The van der Waals surface area contributed by atoms with Crippen molar-refractivity contribution in [2.75, 3.05) is 33.0 Å². The summed E-state index contributed by atoms with van der Waals surface area (Å²) in [6.45, 7) is 11.6. The topological polar surface area (TPSA) is 49.0 Å². The van der Waals surface area contributed by atoms with Crippen LogP contribution in [0.25, 0.3) is 0 Å². The van der Waals surface area contributed by atoms with Crippen LogP contribution >= 0.6 is 0 Å². The van der Waals surface area contributed by atoms with Crippen molar-refractivity contribution < 1.29 is 18.1 Å². The zero-order valence-corrected chi connectivity index (χ0v) is 13.0. The standard InChI is InChI=1S/C12H27NO4Si/c1-5-15-18(16-6-2,17-7-3)11(4)12-8-9-14-13-10-12/h11-13H,5-10H2,1-4H3. The summed E-state index contributed by atoms with van der Waals surface area (Å²) in [7, 11) is -2.58. The van der Waals surface area contributed by atoms with Gasteiger partial charge in [-0.25, -0.2) is 5.48 Å². The molecule has 0 aromatic heterocycles. The van der Waals surface area contributed by atoms with E-state index in [-0.39, 0.29) is 5.54 Å². The average molecular weight is 277 g/mol. The molecule has 0 aromatic carbocycles. The predicted molar refractivity (Wildman–Crippen MR) is 72.1 cm³/mol. The maximum absolute atomic E-state index is 5.95. The van der Waals surface area contributed by atoms with Gasteiger partial charge in [-0.2, -0.15) is 0 Å². The number of hydrogen-bond acceptors (Lipinski definition) is 5. The summed E-state index contributed by atoms with van der Waals surface area (Å²) >= 11 is 0. The van der Waals surface area contributed by atoms with E-state index in [0.29, 0.717) is 25.7 Å². The zero-order valence-electron chi connectivity index (χ0n) is 12.0. The molecule has 1 fully saturated rings. The molecule has 5 nitrogen and oxygen atoms in total. The van der Waals surface area contributed by atoms with Gasteiger partial charge in [0.15, 0.2) is 0 Å². The fourth-order valence-corrected chi connectivity index (χ4v) is 5.50. The highest BCUT2D eigenvalue weighted by atomic mass is 28.4. The van der Waals surface area contributed by atoms with Crippen molar-refractivity contribution in [2.24, 2.45) is 5.92 Å². The number of nitrogens with one attached hydrogen (secondary N) is 1. The molecule has 108 valence electrons. The van der Waals surface area contributed by atoms with Gasteiger partial charge in [-0.3, -0.25) is 0 Å². The first-order chi connectivity index (χ1) is 8.70. The summed E-state index contributed by atoms with van der Waals surface area (Å²) in [4.78, 5) is 5.19. The lowest BCUT2D eigenvalue weighted by Gasteiger charge is -2.38. The minimum Gasteiger partial charge on any atom is -0.374 e. The van der Waals surface area contributed by atoms with E-state index < -0.39 is 8.80 Å². The predicted octanol–water partition coefficient (Wildman–Crippen LogP) is 1.97. The van der Waals surface area contributed by atoms with Crippen LogP contribution < -0.4 is 5.48 Å². The van der Waals surface area contributed by atoms with Crippen molar-refractivity contribution in [1.82, 2.24) is 5.48 Å². The van der Waals surface area contributed by atoms with E-state index in [1.54, 1.807) is 0 Å². The highest BCUT2D eigenvalue weighted by Crippen LogP contribution is 2.35. The Labute approximate surface area is 111 Å². The van der Waals surface area contributed by atoms with Gasteiger partial charge >= 0.3 is 8.80 Å². The Hall–Kier alpha value is 0.0169. The molecule has 2 unspecified atom stereocenters. The van der Waals surface area contributed by atoms with Crippen LogP contribution in [0.4, 0.5) is 0 Å². The normalized spacial score (nSPS) is 23.0. The molecule has 0 amide bonds. The first-order valence-electron chi connectivity index (χ1n) is 6.96. The molecule has 1 rings (SSSR count). The molecule has 0 aromatic rings. The van der Waals surface area contributed by atoms with E-state index >= 15 is 0 Å². The highest BCUT2D eigenvalue weighted by molar-refractivity contribution is 6.62. The Morgan fingerprint density at radius 2 is 1.72 bits per heavy atom. The van der Waals surface area contributed by atoms with E-state index in [1.165, 1.54) is 0 Å². The van der Waals surface area contributed by atoms with Gasteiger partial charge in [-0.05, 0) is 33.1 Å². The van der Waals surface area contributed by atoms with E-state index in [2.05, 4.69) is 12.4 Å². The molecule has 0 radical (unpaired) electrons. The maximum atomic E-state index is 5.95. The third-order valence-electron chi connectivity index (χ3n) is 3.34. The molecule has 0 aliphatic carbocycles. The van der Waals surface area contributed by atoms with Gasteiger partial charge in [0, 0.05) is 31.9 Å². The van der Waals surface area contributed by atoms with Crippen molar-refractivity contribution in [3.8, 4) is 0 Å². The molecule has 1 aliphatic heterocycles. The second-order valence-electron chi connectivity index (χ2n) is 4.44. The molecule has 0 saturated carbocycles. The molecule has 2 atom stereocenters. The number of rotatable bonds is 8. The van der Waals surface area contributed by atoms with Gasteiger partial charge in [0.1, 0.15) is 0 Å². The van der Waals surface area contributed by atoms with Gasteiger partial charge in [0.25, 0.3) is 0 Å². The van der Waals surface area contributed by atoms with Crippen LogP contribution in [0, 0.1) is 5.92 Å². The lowest BCUT2D eigenvalue weighted by molar-refractivity contribution is -0.0203. The van der Waals surface area contributed by atoms with Gasteiger partial charge in [0.05, 0.1) is 6.61 Å². The Bertz CT molecular complexity index is 207. The fraction of sp³-hybridized carbons (Fsp3) is 1.00. The first kappa shape index (κ1) is 16.1. The molecular formula is C12H27NO4Si. The minimum atomic E-state index is -2.58. The minimum absolute atomic E-state index is 0.286. The van der Waals surface area contributed by atoms with Crippen molar-refractivity contribution in [1.29, 1.82) is 0 Å². The molecule has 6 heteroatoms. The quantitative estimate of drug-likeness (QED) is 0.687. The largest absolute Gasteiger partial charge is 0.504 e. The second-order valence-corrected chi connectivity index (χ2v) is 7.42. The van der Waals surface area contributed by atoms with Crippen molar-refractivity contribution in [3.05, 3.63) is 0 Å². The van der Waals surface area contributed by atoms with Gasteiger partial charge in [-0.15, -0.1) is 0 Å². The molecule has 1 N–H and O–H groups in total. The summed E-state index contributed by atoms with van der Waals surface area (Å²) in [6.07, 6.45) is 1.02. The monoisotopic (exact) mass is 277 g/mol.